The average Bonchev–Trinajstić information content (AvgIpc) is 3.57. The summed E-state index contributed by atoms with van der Waals surface area (Å²) in [7, 11) is 0. The minimum absolute atomic E-state index is 0.00000521. The van der Waals surface area contributed by atoms with E-state index < -0.39 is 17.5 Å². The number of rotatable bonds is 7. The molecule has 0 spiro atoms. The molecule has 5 rings (SSSR count). The molecule has 34 heavy (non-hydrogen) atoms. The second kappa shape index (κ2) is 9.32. The van der Waals surface area contributed by atoms with Gasteiger partial charge in [-0.05, 0) is 60.2 Å². The van der Waals surface area contributed by atoms with Gasteiger partial charge in [0, 0.05) is 16.3 Å². The first-order chi connectivity index (χ1) is 16.4. The van der Waals surface area contributed by atoms with Crippen LogP contribution in [0.1, 0.15) is 40.3 Å². The van der Waals surface area contributed by atoms with Crippen LogP contribution in [0.2, 0.25) is 0 Å². The highest BCUT2D eigenvalue weighted by atomic mass is 32.1. The molecule has 2 N–H and O–H groups in total. The Balaban J connectivity index is 1.25. The van der Waals surface area contributed by atoms with E-state index in [0.29, 0.717) is 12.8 Å². The first kappa shape index (κ1) is 22.8. The van der Waals surface area contributed by atoms with Crippen LogP contribution in [0.15, 0.2) is 59.3 Å². The number of nitrogens with zero attached hydrogens (tertiary/aromatic N) is 2. The molecule has 3 aromatic rings. The SMILES string of the molecule is C[C@]1(CCc2ccccc2)NC(=O)N(NC(=O)CN2CCc3sccc3[C@@H]2c2cccs2)C1=O. The maximum Gasteiger partial charge on any atom is 0.344 e. The van der Waals surface area contributed by atoms with E-state index in [4.69, 9.17) is 0 Å². The van der Waals surface area contributed by atoms with Gasteiger partial charge in [0.25, 0.3) is 11.8 Å². The molecule has 2 aromatic heterocycles. The van der Waals surface area contributed by atoms with E-state index in [1.165, 1.54) is 15.3 Å². The van der Waals surface area contributed by atoms with Crippen LogP contribution in [-0.2, 0) is 22.4 Å². The molecule has 1 fully saturated rings. The Morgan fingerprint density at radius 3 is 2.71 bits per heavy atom. The largest absolute Gasteiger partial charge is 0.344 e. The smallest absolute Gasteiger partial charge is 0.322 e. The zero-order valence-corrected chi connectivity index (χ0v) is 20.5. The molecule has 1 saturated heterocycles. The maximum absolute atomic E-state index is 13.1. The number of imide groups is 1. The Morgan fingerprint density at radius 1 is 1.12 bits per heavy atom. The third kappa shape index (κ3) is 4.38. The van der Waals surface area contributed by atoms with Crippen LogP contribution in [0.25, 0.3) is 0 Å². The number of urea groups is 1. The zero-order valence-electron chi connectivity index (χ0n) is 18.8. The maximum atomic E-state index is 13.1. The van der Waals surface area contributed by atoms with Crippen molar-refractivity contribution in [2.75, 3.05) is 13.1 Å². The van der Waals surface area contributed by atoms with Crippen molar-refractivity contribution < 1.29 is 14.4 Å². The van der Waals surface area contributed by atoms with Gasteiger partial charge in [-0.1, -0.05) is 36.4 Å². The topological polar surface area (TPSA) is 81.8 Å². The Morgan fingerprint density at radius 2 is 1.94 bits per heavy atom. The standard InChI is InChI=1S/C25H26N4O3S2/c1-25(12-9-17-6-3-2-4-7-17)23(31)29(24(32)26-25)27-21(30)16-28-13-10-19-18(11-15-34-19)22(28)20-8-5-14-33-20/h2-8,11,14-15,22H,9-10,12-13,16H2,1H3,(H,26,32)(H,27,30)/t22-,25-/m1/s1. The van der Waals surface area contributed by atoms with Gasteiger partial charge in [-0.25, -0.2) is 4.79 Å². The molecule has 0 bridgehead atoms. The molecule has 0 unspecified atom stereocenters. The lowest BCUT2D eigenvalue weighted by molar-refractivity contribution is -0.139. The normalized spacial score (nSPS) is 22.5. The van der Waals surface area contributed by atoms with Crippen LogP contribution >= 0.6 is 22.7 Å². The summed E-state index contributed by atoms with van der Waals surface area (Å²) in [6.07, 6.45) is 1.97. The van der Waals surface area contributed by atoms with Gasteiger partial charge >= 0.3 is 6.03 Å². The quantitative estimate of drug-likeness (QED) is 0.491. The first-order valence-electron chi connectivity index (χ1n) is 11.3. The van der Waals surface area contributed by atoms with Crippen LogP contribution < -0.4 is 10.7 Å². The molecule has 0 saturated carbocycles. The van der Waals surface area contributed by atoms with Crippen molar-refractivity contribution in [3.8, 4) is 0 Å². The number of carbonyl (C=O) groups excluding carboxylic acids is 3. The van der Waals surface area contributed by atoms with Gasteiger partial charge in [0.1, 0.15) is 5.54 Å². The third-order valence-corrected chi connectivity index (χ3v) is 8.40. The lowest BCUT2D eigenvalue weighted by Gasteiger charge is -2.35. The van der Waals surface area contributed by atoms with E-state index in [2.05, 4.69) is 33.2 Å². The molecule has 9 heteroatoms. The molecule has 0 aliphatic carbocycles. The van der Waals surface area contributed by atoms with Crippen molar-refractivity contribution in [3.05, 3.63) is 80.2 Å². The summed E-state index contributed by atoms with van der Waals surface area (Å²) in [5, 5.41) is 7.74. The fraction of sp³-hybridized carbons (Fsp3) is 0.320. The molecular weight excluding hydrogens is 468 g/mol. The number of carbonyl (C=O) groups is 3. The number of amides is 4. The van der Waals surface area contributed by atoms with Crippen molar-refractivity contribution in [1.29, 1.82) is 0 Å². The lowest BCUT2D eigenvalue weighted by Crippen LogP contribution is -2.52. The Bertz CT molecular complexity index is 1190. The highest BCUT2D eigenvalue weighted by molar-refractivity contribution is 7.10. The summed E-state index contributed by atoms with van der Waals surface area (Å²) in [6.45, 7) is 2.53. The lowest BCUT2D eigenvalue weighted by atomic mass is 9.93. The summed E-state index contributed by atoms with van der Waals surface area (Å²) >= 11 is 3.42. The van der Waals surface area contributed by atoms with Gasteiger partial charge in [0.05, 0.1) is 12.6 Å². The van der Waals surface area contributed by atoms with Crippen LogP contribution in [0, 0.1) is 0 Å². The number of fused-ring (bicyclic) bond motifs is 1. The third-order valence-electron chi connectivity index (χ3n) is 6.48. The van der Waals surface area contributed by atoms with Crippen molar-refractivity contribution in [3.63, 3.8) is 0 Å². The van der Waals surface area contributed by atoms with E-state index in [1.54, 1.807) is 29.6 Å². The van der Waals surface area contributed by atoms with Gasteiger partial charge in [-0.2, -0.15) is 5.01 Å². The van der Waals surface area contributed by atoms with Crippen molar-refractivity contribution in [1.82, 2.24) is 20.7 Å². The number of hydrogen-bond donors (Lipinski definition) is 2. The van der Waals surface area contributed by atoms with E-state index in [1.807, 2.05) is 41.8 Å². The summed E-state index contributed by atoms with van der Waals surface area (Å²) < 4.78 is 0. The van der Waals surface area contributed by atoms with Gasteiger partial charge in [0.15, 0.2) is 0 Å². The second-order valence-electron chi connectivity index (χ2n) is 8.86. The van der Waals surface area contributed by atoms with Gasteiger partial charge in [-0.3, -0.25) is 19.9 Å². The van der Waals surface area contributed by atoms with E-state index in [9.17, 15) is 14.4 Å². The summed E-state index contributed by atoms with van der Waals surface area (Å²) in [6, 6.07) is 15.5. The number of aryl methyl sites for hydroxylation is 1. The molecule has 2 atom stereocenters. The number of nitrogens with one attached hydrogen (secondary N) is 2. The van der Waals surface area contributed by atoms with E-state index >= 15 is 0 Å². The molecule has 2 aliphatic heterocycles. The Labute approximate surface area is 206 Å². The monoisotopic (exact) mass is 494 g/mol. The molecule has 4 amide bonds. The zero-order chi connectivity index (χ0) is 23.7. The van der Waals surface area contributed by atoms with Gasteiger partial charge in [0.2, 0.25) is 0 Å². The number of hydrogen-bond acceptors (Lipinski definition) is 6. The minimum Gasteiger partial charge on any atom is -0.322 e. The highest BCUT2D eigenvalue weighted by Crippen LogP contribution is 2.39. The molecule has 4 heterocycles. The fourth-order valence-corrected chi connectivity index (χ4v) is 6.44. The van der Waals surface area contributed by atoms with E-state index in [0.717, 1.165) is 23.5 Å². The highest BCUT2D eigenvalue weighted by Gasteiger charge is 2.48. The Hall–Kier alpha value is -3.01. The van der Waals surface area contributed by atoms with Gasteiger partial charge in [-0.15, -0.1) is 22.7 Å². The second-order valence-corrected chi connectivity index (χ2v) is 10.8. The van der Waals surface area contributed by atoms with Crippen LogP contribution in [-0.4, -0.2) is 46.4 Å². The minimum atomic E-state index is -1.06. The summed E-state index contributed by atoms with van der Waals surface area (Å²) in [5.41, 5.74) is 3.82. The summed E-state index contributed by atoms with van der Waals surface area (Å²) in [4.78, 5) is 43.3. The van der Waals surface area contributed by atoms with Crippen LogP contribution in [0.5, 0.6) is 0 Å². The van der Waals surface area contributed by atoms with Crippen LogP contribution in [0.4, 0.5) is 4.79 Å². The van der Waals surface area contributed by atoms with Crippen LogP contribution in [0.3, 0.4) is 0 Å². The molecule has 2 aliphatic rings. The predicted octanol–water partition coefficient (Wildman–Crippen LogP) is 3.73. The van der Waals surface area contributed by atoms with Gasteiger partial charge < -0.3 is 5.32 Å². The average molecular weight is 495 g/mol. The number of benzene rings is 1. The molecule has 0 radical (unpaired) electrons. The van der Waals surface area contributed by atoms with Crippen molar-refractivity contribution in [2.45, 2.75) is 37.8 Å². The Kier molecular flexibility index (Phi) is 6.24. The van der Waals surface area contributed by atoms with Crippen molar-refractivity contribution in [2.24, 2.45) is 0 Å². The summed E-state index contributed by atoms with van der Waals surface area (Å²) in [5.74, 6) is -0.814. The molecule has 1 aromatic carbocycles. The first-order valence-corrected chi connectivity index (χ1v) is 13.0. The fourth-order valence-electron chi connectivity index (χ4n) is 4.66. The molecule has 7 nitrogen and oxygen atoms in total. The molecular formula is C25H26N4O3S2. The predicted molar refractivity (Wildman–Crippen MR) is 132 cm³/mol. The number of hydrazine groups is 1. The van der Waals surface area contributed by atoms with Crippen molar-refractivity contribution >= 4 is 40.5 Å². The molecule has 176 valence electrons. The van der Waals surface area contributed by atoms with E-state index in [-0.39, 0.29) is 18.5 Å². The number of thiophene rings is 2.